The number of hydrogen-bond acceptors (Lipinski definition) is 5. The van der Waals surface area contributed by atoms with E-state index < -0.39 is 21.9 Å². The summed E-state index contributed by atoms with van der Waals surface area (Å²) in [6, 6.07) is 0. The largest absolute Gasteiger partial charge is 0.434 e. The molecule has 1 rings (SSSR count). The summed E-state index contributed by atoms with van der Waals surface area (Å²) in [7, 11) is -1.62. The van der Waals surface area contributed by atoms with Gasteiger partial charge in [-0.1, -0.05) is 6.92 Å². The van der Waals surface area contributed by atoms with Crippen molar-refractivity contribution in [2.75, 3.05) is 39.5 Å². The van der Waals surface area contributed by atoms with Gasteiger partial charge in [-0.15, -0.1) is 35.3 Å². The maximum atomic E-state index is 12.5. The minimum absolute atomic E-state index is 0. The zero-order valence-corrected chi connectivity index (χ0v) is 19.3. The molecule has 2 N–H and O–H groups in total. The summed E-state index contributed by atoms with van der Waals surface area (Å²) in [6.07, 6.45) is -2.30. The molecule has 13 heteroatoms. The van der Waals surface area contributed by atoms with Crippen LogP contribution in [0.4, 0.5) is 13.2 Å². The Labute approximate surface area is 178 Å². The van der Waals surface area contributed by atoms with E-state index in [1.54, 1.807) is 14.0 Å². The van der Waals surface area contributed by atoms with Crippen LogP contribution in [-0.2, 0) is 22.6 Å². The van der Waals surface area contributed by atoms with Crippen LogP contribution in [0, 0.1) is 0 Å². The molecular formula is C14H25F3IN5O2S2. The van der Waals surface area contributed by atoms with E-state index in [1.807, 2.05) is 0 Å². The molecule has 0 saturated carbocycles. The molecule has 0 aliphatic rings. The zero-order chi connectivity index (χ0) is 19.8. The van der Waals surface area contributed by atoms with Crippen molar-refractivity contribution in [1.82, 2.24) is 19.9 Å². The maximum Gasteiger partial charge on any atom is 0.434 e. The molecule has 0 aromatic carbocycles. The van der Waals surface area contributed by atoms with Crippen molar-refractivity contribution in [3.8, 4) is 0 Å². The average Bonchev–Trinajstić information content (AvgIpc) is 3.01. The summed E-state index contributed by atoms with van der Waals surface area (Å²) in [6.45, 7) is 3.49. The van der Waals surface area contributed by atoms with Gasteiger partial charge in [0.05, 0.1) is 11.3 Å². The number of alkyl halides is 3. The first kappa shape index (κ1) is 26.3. The third kappa shape index (κ3) is 9.89. The van der Waals surface area contributed by atoms with Crippen LogP contribution in [0.3, 0.4) is 0 Å². The molecule has 1 aromatic rings. The molecule has 0 bridgehead atoms. The summed E-state index contributed by atoms with van der Waals surface area (Å²) < 4.78 is 61.8. The van der Waals surface area contributed by atoms with Gasteiger partial charge in [0, 0.05) is 45.0 Å². The summed E-state index contributed by atoms with van der Waals surface area (Å²) >= 11 is 0.971. The Bertz CT molecular complexity index is 695. The summed E-state index contributed by atoms with van der Waals surface area (Å²) in [5.74, 6) is 0.500. The fourth-order valence-electron chi connectivity index (χ4n) is 2.09. The molecule has 7 nitrogen and oxygen atoms in total. The Kier molecular flexibility index (Phi) is 11.7. The Morgan fingerprint density at radius 1 is 1.33 bits per heavy atom. The first-order valence-electron chi connectivity index (χ1n) is 7.99. The number of guanidine groups is 1. The molecule has 0 fully saturated rings. The standard InChI is InChI=1S/C14H24F3N5O2S2.HI/c1-4-22(26(3,23)24)9-5-7-19-13(18-2)20-8-6-12-21-11(10-25-12)14(15,16)17;/h10H,4-9H2,1-3H3,(H2,18,19,20);1H. The van der Waals surface area contributed by atoms with Gasteiger partial charge in [-0.25, -0.2) is 17.7 Å². The van der Waals surface area contributed by atoms with E-state index in [4.69, 9.17) is 0 Å². The third-order valence-corrected chi connectivity index (χ3v) is 5.68. The number of nitrogens with zero attached hydrogens (tertiary/aromatic N) is 3. The molecule has 0 saturated heterocycles. The molecule has 1 heterocycles. The smallest absolute Gasteiger partial charge is 0.356 e. The highest BCUT2D eigenvalue weighted by Crippen LogP contribution is 2.29. The number of halogens is 4. The molecule has 158 valence electrons. The third-order valence-electron chi connectivity index (χ3n) is 3.40. The monoisotopic (exact) mass is 543 g/mol. The summed E-state index contributed by atoms with van der Waals surface area (Å²) in [4.78, 5) is 7.58. The molecule has 0 amide bonds. The number of rotatable bonds is 9. The van der Waals surface area contributed by atoms with Crippen molar-refractivity contribution in [3.05, 3.63) is 16.1 Å². The molecule has 0 spiro atoms. The average molecular weight is 543 g/mol. The Balaban J connectivity index is 0.00000676. The minimum atomic E-state index is -4.42. The van der Waals surface area contributed by atoms with Gasteiger partial charge in [-0.2, -0.15) is 13.2 Å². The van der Waals surface area contributed by atoms with E-state index in [-0.39, 0.29) is 24.0 Å². The highest BCUT2D eigenvalue weighted by molar-refractivity contribution is 14.0. The zero-order valence-electron chi connectivity index (χ0n) is 15.3. The molecule has 0 radical (unpaired) electrons. The first-order chi connectivity index (χ1) is 12.1. The van der Waals surface area contributed by atoms with Gasteiger partial charge in [0.15, 0.2) is 11.7 Å². The Hall–Kier alpha value is -0.670. The predicted molar refractivity (Wildman–Crippen MR) is 112 cm³/mol. The number of sulfonamides is 1. The lowest BCUT2D eigenvalue weighted by Crippen LogP contribution is -2.40. The normalized spacial score (nSPS) is 12.8. The van der Waals surface area contributed by atoms with Gasteiger partial charge in [0.25, 0.3) is 0 Å². The Morgan fingerprint density at radius 2 is 1.96 bits per heavy atom. The van der Waals surface area contributed by atoms with E-state index in [2.05, 4.69) is 20.6 Å². The SMILES string of the molecule is CCN(CCCNC(=NC)NCCc1nc(C(F)(F)F)cs1)S(C)(=O)=O.I. The number of hydrogen-bond donors (Lipinski definition) is 2. The first-order valence-corrected chi connectivity index (χ1v) is 10.7. The van der Waals surface area contributed by atoms with E-state index in [1.165, 1.54) is 10.6 Å². The fourth-order valence-corrected chi connectivity index (χ4v) is 3.82. The molecule has 1 aromatic heterocycles. The minimum Gasteiger partial charge on any atom is -0.356 e. The van der Waals surface area contributed by atoms with Gasteiger partial charge in [0.1, 0.15) is 0 Å². The van der Waals surface area contributed by atoms with Crippen molar-refractivity contribution in [2.24, 2.45) is 4.99 Å². The van der Waals surface area contributed by atoms with Crippen LogP contribution in [0.1, 0.15) is 24.0 Å². The lowest BCUT2D eigenvalue weighted by atomic mass is 10.4. The molecule has 0 aliphatic heterocycles. The van der Waals surface area contributed by atoms with Crippen molar-refractivity contribution in [2.45, 2.75) is 25.9 Å². The van der Waals surface area contributed by atoms with Gasteiger partial charge >= 0.3 is 6.18 Å². The lowest BCUT2D eigenvalue weighted by Gasteiger charge is -2.18. The van der Waals surface area contributed by atoms with Crippen LogP contribution >= 0.6 is 35.3 Å². The number of aliphatic imine (C=N–C) groups is 1. The van der Waals surface area contributed by atoms with Crippen molar-refractivity contribution in [1.29, 1.82) is 0 Å². The van der Waals surface area contributed by atoms with E-state index in [0.29, 0.717) is 50.0 Å². The van der Waals surface area contributed by atoms with E-state index in [9.17, 15) is 21.6 Å². The highest BCUT2D eigenvalue weighted by atomic mass is 127. The second kappa shape index (κ2) is 12.0. The fraction of sp³-hybridized carbons (Fsp3) is 0.714. The van der Waals surface area contributed by atoms with E-state index in [0.717, 1.165) is 16.7 Å². The number of nitrogens with one attached hydrogen (secondary N) is 2. The second-order valence-corrected chi connectivity index (χ2v) is 8.33. The van der Waals surface area contributed by atoms with Crippen LogP contribution in [0.15, 0.2) is 10.4 Å². The van der Waals surface area contributed by atoms with E-state index >= 15 is 0 Å². The topological polar surface area (TPSA) is 86.7 Å². The maximum absolute atomic E-state index is 12.5. The van der Waals surface area contributed by atoms with Crippen LogP contribution < -0.4 is 10.6 Å². The van der Waals surface area contributed by atoms with Gasteiger partial charge in [0.2, 0.25) is 10.0 Å². The second-order valence-electron chi connectivity index (χ2n) is 5.41. The van der Waals surface area contributed by atoms with Crippen molar-refractivity contribution < 1.29 is 21.6 Å². The van der Waals surface area contributed by atoms with Gasteiger partial charge in [-0.05, 0) is 6.42 Å². The highest BCUT2D eigenvalue weighted by Gasteiger charge is 2.33. The van der Waals surface area contributed by atoms with Crippen molar-refractivity contribution in [3.63, 3.8) is 0 Å². The van der Waals surface area contributed by atoms with Crippen LogP contribution in [0.5, 0.6) is 0 Å². The molecule has 0 unspecified atom stereocenters. The predicted octanol–water partition coefficient (Wildman–Crippen LogP) is 2.16. The molecule has 0 aliphatic carbocycles. The Morgan fingerprint density at radius 3 is 2.44 bits per heavy atom. The van der Waals surface area contributed by atoms with Crippen LogP contribution in [0.2, 0.25) is 0 Å². The van der Waals surface area contributed by atoms with Crippen molar-refractivity contribution >= 4 is 51.3 Å². The summed E-state index contributed by atoms with van der Waals surface area (Å²) in [5.41, 5.74) is -0.869. The number of thiazole rings is 1. The van der Waals surface area contributed by atoms with Crippen LogP contribution in [-0.4, -0.2) is 63.1 Å². The van der Waals surface area contributed by atoms with Gasteiger partial charge < -0.3 is 10.6 Å². The van der Waals surface area contributed by atoms with Crippen LogP contribution in [0.25, 0.3) is 0 Å². The van der Waals surface area contributed by atoms with Gasteiger partial charge in [-0.3, -0.25) is 4.99 Å². The summed E-state index contributed by atoms with van der Waals surface area (Å²) in [5, 5.41) is 7.43. The molecule has 27 heavy (non-hydrogen) atoms. The lowest BCUT2D eigenvalue weighted by molar-refractivity contribution is -0.140. The molecule has 0 atom stereocenters. The number of aromatic nitrogens is 1. The quantitative estimate of drug-likeness (QED) is 0.216. The molecular weight excluding hydrogens is 518 g/mol.